The van der Waals surface area contributed by atoms with Gasteiger partial charge in [0.1, 0.15) is 6.54 Å². The van der Waals surface area contributed by atoms with Gasteiger partial charge in [0, 0.05) is 13.5 Å². The van der Waals surface area contributed by atoms with Crippen LogP contribution in [0.1, 0.15) is 26.7 Å². The van der Waals surface area contributed by atoms with Gasteiger partial charge in [0.2, 0.25) is 5.91 Å². The van der Waals surface area contributed by atoms with Gasteiger partial charge in [-0.2, -0.15) is 0 Å². The fourth-order valence-corrected chi connectivity index (χ4v) is 0.893. The van der Waals surface area contributed by atoms with Gasteiger partial charge in [-0.3, -0.25) is 9.59 Å². The molecule has 0 aromatic rings. The van der Waals surface area contributed by atoms with Crippen LogP contribution in [0.3, 0.4) is 0 Å². The highest BCUT2D eigenvalue weighted by Gasteiger charge is 2.11. The van der Waals surface area contributed by atoms with E-state index in [1.807, 2.05) is 6.92 Å². The number of esters is 1. The molecule has 0 aliphatic carbocycles. The Bertz CT molecular complexity index is 180. The third-order valence-corrected chi connectivity index (χ3v) is 1.56. The molecular weight excluding hydrogens is 170 g/mol. The summed E-state index contributed by atoms with van der Waals surface area (Å²) in [4.78, 5) is 23.5. The van der Waals surface area contributed by atoms with Gasteiger partial charge in [0.25, 0.3) is 0 Å². The Morgan fingerprint density at radius 1 is 1.31 bits per heavy atom. The van der Waals surface area contributed by atoms with Gasteiger partial charge in [0.05, 0.1) is 6.61 Å². The van der Waals surface area contributed by atoms with Crippen molar-refractivity contribution in [3.8, 4) is 0 Å². The standard InChI is InChI=1S/C9H17NO3/c1-4-6-8(11)10(3)7-9(12)13-5-2/h4-7H2,1-3H3. The number of hydrogen-bond acceptors (Lipinski definition) is 3. The number of carbonyl (C=O) groups is 2. The average molecular weight is 187 g/mol. The van der Waals surface area contributed by atoms with E-state index in [1.165, 1.54) is 4.90 Å². The van der Waals surface area contributed by atoms with Gasteiger partial charge in [0.15, 0.2) is 0 Å². The van der Waals surface area contributed by atoms with Gasteiger partial charge >= 0.3 is 5.97 Å². The minimum Gasteiger partial charge on any atom is -0.465 e. The summed E-state index contributed by atoms with van der Waals surface area (Å²) < 4.78 is 4.71. The Kier molecular flexibility index (Phi) is 5.93. The molecule has 13 heavy (non-hydrogen) atoms. The largest absolute Gasteiger partial charge is 0.465 e. The number of rotatable bonds is 5. The molecule has 0 N–H and O–H groups in total. The highest BCUT2D eigenvalue weighted by Crippen LogP contribution is 1.94. The lowest BCUT2D eigenvalue weighted by atomic mass is 10.3. The zero-order chi connectivity index (χ0) is 10.3. The molecule has 0 heterocycles. The van der Waals surface area contributed by atoms with Gasteiger partial charge < -0.3 is 9.64 Å². The first-order valence-corrected chi connectivity index (χ1v) is 4.51. The first-order chi connectivity index (χ1) is 6.11. The van der Waals surface area contributed by atoms with E-state index in [-0.39, 0.29) is 18.4 Å². The highest BCUT2D eigenvalue weighted by atomic mass is 16.5. The summed E-state index contributed by atoms with van der Waals surface area (Å²) in [6, 6.07) is 0. The molecule has 1 amide bonds. The first kappa shape index (κ1) is 11.9. The van der Waals surface area contributed by atoms with Crippen molar-refractivity contribution in [2.75, 3.05) is 20.2 Å². The van der Waals surface area contributed by atoms with Crippen LogP contribution < -0.4 is 0 Å². The molecule has 0 fully saturated rings. The monoisotopic (exact) mass is 187 g/mol. The lowest BCUT2D eigenvalue weighted by Crippen LogP contribution is -2.32. The Morgan fingerprint density at radius 3 is 2.38 bits per heavy atom. The number of likely N-dealkylation sites (N-methyl/N-ethyl adjacent to an activating group) is 1. The molecule has 0 bridgehead atoms. The summed E-state index contributed by atoms with van der Waals surface area (Å²) in [5.74, 6) is -0.370. The molecule has 0 saturated heterocycles. The molecule has 0 unspecified atom stereocenters. The van der Waals surface area contributed by atoms with Crippen molar-refractivity contribution in [3.63, 3.8) is 0 Å². The van der Waals surface area contributed by atoms with Crippen LogP contribution in [-0.4, -0.2) is 37.0 Å². The van der Waals surface area contributed by atoms with Crippen molar-refractivity contribution in [2.45, 2.75) is 26.7 Å². The summed E-state index contributed by atoms with van der Waals surface area (Å²) in [6.45, 7) is 4.07. The average Bonchev–Trinajstić information content (AvgIpc) is 2.05. The van der Waals surface area contributed by atoms with Crippen molar-refractivity contribution in [3.05, 3.63) is 0 Å². The SMILES string of the molecule is CCCC(=O)N(C)CC(=O)OCC. The van der Waals surface area contributed by atoms with Crippen LogP contribution in [0.5, 0.6) is 0 Å². The molecule has 0 aromatic carbocycles. The maximum atomic E-state index is 11.2. The Hall–Kier alpha value is -1.06. The molecule has 0 radical (unpaired) electrons. The third kappa shape index (κ3) is 5.22. The lowest BCUT2D eigenvalue weighted by Gasteiger charge is -2.15. The molecule has 4 heteroatoms. The second-order valence-corrected chi connectivity index (χ2v) is 2.80. The lowest BCUT2D eigenvalue weighted by molar-refractivity contribution is -0.148. The van der Waals surface area contributed by atoms with Crippen molar-refractivity contribution < 1.29 is 14.3 Å². The second-order valence-electron chi connectivity index (χ2n) is 2.80. The van der Waals surface area contributed by atoms with E-state index >= 15 is 0 Å². The van der Waals surface area contributed by atoms with Crippen LogP contribution in [0.4, 0.5) is 0 Å². The Morgan fingerprint density at radius 2 is 1.92 bits per heavy atom. The van der Waals surface area contributed by atoms with Crippen LogP contribution in [0.15, 0.2) is 0 Å². The maximum Gasteiger partial charge on any atom is 0.325 e. The van der Waals surface area contributed by atoms with Gasteiger partial charge in [-0.05, 0) is 13.3 Å². The molecule has 0 aliphatic heterocycles. The van der Waals surface area contributed by atoms with Crippen LogP contribution >= 0.6 is 0 Å². The summed E-state index contributed by atoms with van der Waals surface area (Å²) >= 11 is 0. The number of amides is 1. The number of hydrogen-bond donors (Lipinski definition) is 0. The molecule has 0 saturated carbocycles. The summed E-state index contributed by atoms with van der Waals surface area (Å²) in [7, 11) is 1.61. The minimum atomic E-state index is -0.352. The Balaban J connectivity index is 3.78. The topological polar surface area (TPSA) is 46.6 Å². The summed E-state index contributed by atoms with van der Waals surface area (Å²) in [5.41, 5.74) is 0. The normalized spacial score (nSPS) is 9.46. The minimum absolute atomic E-state index is 0.0180. The summed E-state index contributed by atoms with van der Waals surface area (Å²) in [6.07, 6.45) is 1.28. The maximum absolute atomic E-state index is 11.2. The van der Waals surface area contributed by atoms with E-state index in [9.17, 15) is 9.59 Å². The van der Waals surface area contributed by atoms with Gasteiger partial charge in [-0.15, -0.1) is 0 Å². The van der Waals surface area contributed by atoms with Crippen molar-refractivity contribution >= 4 is 11.9 Å². The number of carbonyl (C=O) groups excluding carboxylic acids is 2. The molecule has 76 valence electrons. The van der Waals surface area contributed by atoms with Crippen molar-refractivity contribution in [1.29, 1.82) is 0 Å². The van der Waals surface area contributed by atoms with Gasteiger partial charge in [-0.1, -0.05) is 6.92 Å². The molecule has 0 aromatic heterocycles. The highest BCUT2D eigenvalue weighted by molar-refractivity contribution is 5.81. The van der Waals surface area contributed by atoms with Crippen LogP contribution in [0.25, 0.3) is 0 Å². The fraction of sp³-hybridized carbons (Fsp3) is 0.778. The van der Waals surface area contributed by atoms with Crippen LogP contribution in [0, 0.1) is 0 Å². The van der Waals surface area contributed by atoms with E-state index in [1.54, 1.807) is 14.0 Å². The van der Waals surface area contributed by atoms with E-state index in [2.05, 4.69) is 0 Å². The molecule has 4 nitrogen and oxygen atoms in total. The van der Waals surface area contributed by atoms with E-state index < -0.39 is 0 Å². The van der Waals surface area contributed by atoms with E-state index in [0.29, 0.717) is 13.0 Å². The molecule has 0 spiro atoms. The predicted octanol–water partition coefficient (Wildman–Crippen LogP) is 0.808. The molecule has 0 atom stereocenters. The zero-order valence-corrected chi connectivity index (χ0v) is 8.50. The smallest absolute Gasteiger partial charge is 0.325 e. The quantitative estimate of drug-likeness (QED) is 0.598. The number of nitrogens with zero attached hydrogens (tertiary/aromatic N) is 1. The van der Waals surface area contributed by atoms with E-state index in [0.717, 1.165) is 6.42 Å². The van der Waals surface area contributed by atoms with Gasteiger partial charge in [-0.25, -0.2) is 0 Å². The fourth-order valence-electron chi connectivity index (χ4n) is 0.893. The summed E-state index contributed by atoms with van der Waals surface area (Å²) in [5, 5.41) is 0. The van der Waals surface area contributed by atoms with Crippen molar-refractivity contribution in [1.82, 2.24) is 4.90 Å². The molecule has 0 rings (SSSR count). The molecular formula is C9H17NO3. The zero-order valence-electron chi connectivity index (χ0n) is 8.50. The van der Waals surface area contributed by atoms with Crippen LogP contribution in [0.2, 0.25) is 0 Å². The predicted molar refractivity (Wildman–Crippen MR) is 49.2 cm³/mol. The van der Waals surface area contributed by atoms with Crippen LogP contribution in [-0.2, 0) is 14.3 Å². The number of ether oxygens (including phenoxy) is 1. The third-order valence-electron chi connectivity index (χ3n) is 1.56. The Labute approximate surface area is 78.9 Å². The first-order valence-electron chi connectivity index (χ1n) is 4.51. The second kappa shape index (κ2) is 6.46. The van der Waals surface area contributed by atoms with E-state index in [4.69, 9.17) is 4.74 Å². The van der Waals surface area contributed by atoms with Crippen molar-refractivity contribution in [2.24, 2.45) is 0 Å². The molecule has 0 aliphatic rings.